The lowest BCUT2D eigenvalue weighted by atomic mass is 9.89. The van der Waals surface area contributed by atoms with Crippen molar-refractivity contribution in [2.75, 3.05) is 39.8 Å². The van der Waals surface area contributed by atoms with Crippen LogP contribution in [0.25, 0.3) is 0 Å². The van der Waals surface area contributed by atoms with E-state index in [2.05, 4.69) is 40.6 Å². The fraction of sp³-hybridized carbons (Fsp3) is 0.647. The van der Waals surface area contributed by atoms with Crippen LogP contribution in [0.3, 0.4) is 0 Å². The minimum atomic E-state index is -0.420. The van der Waals surface area contributed by atoms with Gasteiger partial charge in [0.25, 0.3) is 0 Å². The summed E-state index contributed by atoms with van der Waals surface area (Å²) in [5.41, 5.74) is 7.35. The van der Waals surface area contributed by atoms with E-state index in [0.29, 0.717) is 6.54 Å². The number of hydrazine groups is 1. The Morgan fingerprint density at radius 2 is 1.81 bits per heavy atom. The Balaban J connectivity index is 1.54. The number of rotatable bonds is 4. The summed E-state index contributed by atoms with van der Waals surface area (Å²) in [4.78, 5) is 2.33. The number of piperazine rings is 1. The van der Waals surface area contributed by atoms with E-state index < -0.39 is 6.10 Å². The molecular formula is C17H27N3O. The third kappa shape index (κ3) is 3.83. The van der Waals surface area contributed by atoms with Gasteiger partial charge in [-0.1, -0.05) is 18.2 Å². The summed E-state index contributed by atoms with van der Waals surface area (Å²) in [6, 6.07) is 6.52. The molecule has 0 radical (unpaired) electrons. The van der Waals surface area contributed by atoms with E-state index >= 15 is 0 Å². The molecule has 0 aromatic heterocycles. The van der Waals surface area contributed by atoms with E-state index in [1.807, 2.05) is 0 Å². The van der Waals surface area contributed by atoms with E-state index in [0.717, 1.165) is 31.7 Å². The van der Waals surface area contributed by atoms with Crippen LogP contribution in [0, 0.1) is 0 Å². The standard InChI is InChI=1S/C17H27N3O/c1-19-8-10-20(11-9-19)18-13-17(21)16-7-6-14-4-2-3-5-15(14)12-16/h6-7,12,17-18,21H,2-5,8-11,13H2,1H3. The third-order valence-corrected chi connectivity index (χ3v) is 4.77. The van der Waals surface area contributed by atoms with Gasteiger partial charge in [0, 0.05) is 32.7 Å². The van der Waals surface area contributed by atoms with Crippen LogP contribution < -0.4 is 5.43 Å². The Labute approximate surface area is 127 Å². The smallest absolute Gasteiger partial charge is 0.0928 e. The topological polar surface area (TPSA) is 38.7 Å². The van der Waals surface area contributed by atoms with E-state index in [9.17, 15) is 5.11 Å². The second kappa shape index (κ2) is 6.88. The van der Waals surface area contributed by atoms with Crippen molar-refractivity contribution < 1.29 is 5.11 Å². The summed E-state index contributed by atoms with van der Waals surface area (Å²) >= 11 is 0. The maximum absolute atomic E-state index is 10.4. The molecule has 1 atom stereocenters. The quantitative estimate of drug-likeness (QED) is 0.878. The molecule has 1 heterocycles. The van der Waals surface area contributed by atoms with Gasteiger partial charge in [0.1, 0.15) is 0 Å². The minimum absolute atomic E-state index is 0.420. The lowest BCUT2D eigenvalue weighted by Gasteiger charge is -2.33. The molecule has 1 aromatic rings. The Morgan fingerprint density at radius 3 is 2.57 bits per heavy atom. The fourth-order valence-corrected chi connectivity index (χ4v) is 3.26. The van der Waals surface area contributed by atoms with Gasteiger partial charge in [0.2, 0.25) is 0 Å². The first-order valence-corrected chi connectivity index (χ1v) is 8.19. The SMILES string of the molecule is CN1CCN(NCC(O)c2ccc3c(c2)CCCC3)CC1. The van der Waals surface area contributed by atoms with Crippen LogP contribution in [0.4, 0.5) is 0 Å². The number of hydrogen-bond donors (Lipinski definition) is 2. The fourth-order valence-electron chi connectivity index (χ4n) is 3.26. The average molecular weight is 289 g/mol. The van der Waals surface area contributed by atoms with Crippen molar-refractivity contribution >= 4 is 0 Å². The zero-order valence-corrected chi connectivity index (χ0v) is 13.0. The van der Waals surface area contributed by atoms with Crippen molar-refractivity contribution in [2.24, 2.45) is 0 Å². The highest BCUT2D eigenvalue weighted by Crippen LogP contribution is 2.24. The van der Waals surface area contributed by atoms with Gasteiger partial charge >= 0.3 is 0 Å². The van der Waals surface area contributed by atoms with E-state index in [1.165, 1.54) is 36.8 Å². The van der Waals surface area contributed by atoms with Crippen molar-refractivity contribution in [3.63, 3.8) is 0 Å². The van der Waals surface area contributed by atoms with Gasteiger partial charge in [-0.15, -0.1) is 0 Å². The largest absolute Gasteiger partial charge is 0.387 e. The Kier molecular flexibility index (Phi) is 4.91. The van der Waals surface area contributed by atoms with Gasteiger partial charge < -0.3 is 10.0 Å². The summed E-state index contributed by atoms with van der Waals surface area (Å²) in [5, 5.41) is 12.6. The lowest BCUT2D eigenvalue weighted by Crippen LogP contribution is -2.51. The second-order valence-electron chi connectivity index (χ2n) is 6.40. The summed E-state index contributed by atoms with van der Waals surface area (Å²) in [5.74, 6) is 0. The van der Waals surface area contributed by atoms with Crippen LogP contribution in [0.2, 0.25) is 0 Å². The van der Waals surface area contributed by atoms with Crippen LogP contribution in [0.15, 0.2) is 18.2 Å². The first-order chi connectivity index (χ1) is 10.2. The predicted octanol–water partition coefficient (Wildman–Crippen LogP) is 1.35. The zero-order chi connectivity index (χ0) is 14.7. The van der Waals surface area contributed by atoms with Gasteiger partial charge in [-0.2, -0.15) is 0 Å². The number of benzene rings is 1. The molecular weight excluding hydrogens is 262 g/mol. The monoisotopic (exact) mass is 289 g/mol. The van der Waals surface area contributed by atoms with Crippen molar-refractivity contribution in [3.05, 3.63) is 34.9 Å². The summed E-state index contributed by atoms with van der Waals surface area (Å²) in [6.45, 7) is 4.81. The molecule has 2 aliphatic rings. The molecule has 116 valence electrons. The highest BCUT2D eigenvalue weighted by Gasteiger charge is 2.16. The zero-order valence-electron chi connectivity index (χ0n) is 13.0. The highest BCUT2D eigenvalue weighted by atomic mass is 16.3. The summed E-state index contributed by atoms with van der Waals surface area (Å²) < 4.78 is 0. The molecule has 2 N–H and O–H groups in total. The number of nitrogens with zero attached hydrogens (tertiary/aromatic N) is 2. The molecule has 1 aromatic carbocycles. The number of fused-ring (bicyclic) bond motifs is 1. The van der Waals surface area contributed by atoms with Gasteiger partial charge in [-0.25, -0.2) is 5.01 Å². The average Bonchev–Trinajstić information content (AvgIpc) is 2.53. The number of nitrogens with one attached hydrogen (secondary N) is 1. The molecule has 0 spiro atoms. The predicted molar refractivity (Wildman–Crippen MR) is 85.1 cm³/mol. The molecule has 1 saturated heterocycles. The molecule has 1 fully saturated rings. The maximum atomic E-state index is 10.4. The van der Waals surface area contributed by atoms with Crippen molar-refractivity contribution in [2.45, 2.75) is 31.8 Å². The Morgan fingerprint density at radius 1 is 1.10 bits per heavy atom. The van der Waals surface area contributed by atoms with Gasteiger partial charge in [0.15, 0.2) is 0 Å². The van der Waals surface area contributed by atoms with Crippen LogP contribution in [-0.4, -0.2) is 54.8 Å². The first kappa shape index (κ1) is 15.0. The van der Waals surface area contributed by atoms with Gasteiger partial charge in [-0.3, -0.25) is 5.43 Å². The van der Waals surface area contributed by atoms with E-state index in [1.54, 1.807) is 0 Å². The molecule has 1 aliphatic heterocycles. The molecule has 1 aliphatic carbocycles. The number of aryl methyl sites for hydroxylation is 2. The minimum Gasteiger partial charge on any atom is -0.387 e. The molecule has 4 heteroatoms. The second-order valence-corrected chi connectivity index (χ2v) is 6.40. The maximum Gasteiger partial charge on any atom is 0.0928 e. The molecule has 1 unspecified atom stereocenters. The molecule has 0 saturated carbocycles. The number of hydrogen-bond acceptors (Lipinski definition) is 4. The van der Waals surface area contributed by atoms with Crippen LogP contribution >= 0.6 is 0 Å². The van der Waals surface area contributed by atoms with Gasteiger partial charge in [-0.05, 0) is 49.4 Å². The van der Waals surface area contributed by atoms with Gasteiger partial charge in [0.05, 0.1) is 6.10 Å². The van der Waals surface area contributed by atoms with Crippen molar-refractivity contribution in [1.29, 1.82) is 0 Å². The third-order valence-electron chi connectivity index (χ3n) is 4.77. The first-order valence-electron chi connectivity index (χ1n) is 8.19. The van der Waals surface area contributed by atoms with E-state index in [4.69, 9.17) is 0 Å². The van der Waals surface area contributed by atoms with E-state index in [-0.39, 0.29) is 0 Å². The molecule has 4 nitrogen and oxygen atoms in total. The molecule has 0 amide bonds. The number of aliphatic hydroxyl groups is 1. The van der Waals surface area contributed by atoms with Crippen LogP contribution in [0.5, 0.6) is 0 Å². The summed E-state index contributed by atoms with van der Waals surface area (Å²) in [7, 11) is 2.15. The van der Waals surface area contributed by atoms with Crippen LogP contribution in [-0.2, 0) is 12.8 Å². The number of aliphatic hydroxyl groups excluding tert-OH is 1. The molecule has 21 heavy (non-hydrogen) atoms. The lowest BCUT2D eigenvalue weighted by molar-refractivity contribution is 0.0743. The highest BCUT2D eigenvalue weighted by molar-refractivity contribution is 5.34. The Bertz CT molecular complexity index is 469. The van der Waals surface area contributed by atoms with Crippen LogP contribution in [0.1, 0.15) is 35.6 Å². The van der Waals surface area contributed by atoms with Crippen molar-refractivity contribution in [3.8, 4) is 0 Å². The Hall–Kier alpha value is -0.940. The molecule has 3 rings (SSSR count). The molecule has 0 bridgehead atoms. The normalized spacial score (nSPS) is 22.0. The summed E-state index contributed by atoms with van der Waals surface area (Å²) in [6.07, 6.45) is 4.54. The van der Waals surface area contributed by atoms with Crippen molar-refractivity contribution in [1.82, 2.24) is 15.3 Å². The number of likely N-dealkylation sites (N-methyl/N-ethyl adjacent to an activating group) is 1.